The molecule has 28 heavy (non-hydrogen) atoms. The molecule has 0 bridgehead atoms. The normalized spacial score (nSPS) is 12.5. The van der Waals surface area contributed by atoms with E-state index in [0.717, 1.165) is 35.3 Å². The van der Waals surface area contributed by atoms with Gasteiger partial charge in [-0.05, 0) is 48.2 Å². The molecule has 140 valence electrons. The molecule has 4 rings (SSSR count). The first-order valence-electron chi connectivity index (χ1n) is 9.30. The number of amides is 1. The van der Waals surface area contributed by atoms with Crippen LogP contribution in [-0.4, -0.2) is 23.5 Å². The number of aromatic nitrogens is 1. The van der Waals surface area contributed by atoms with Gasteiger partial charge < -0.3 is 4.74 Å². The number of fused-ring (bicyclic) bond motifs is 2. The predicted octanol–water partition coefficient (Wildman–Crippen LogP) is 4.09. The Kier molecular flexibility index (Phi) is 5.15. The Morgan fingerprint density at radius 3 is 2.04 bits per heavy atom. The van der Waals surface area contributed by atoms with E-state index in [2.05, 4.69) is 17.1 Å². The van der Waals surface area contributed by atoms with Crippen molar-refractivity contribution < 1.29 is 14.3 Å². The van der Waals surface area contributed by atoms with Gasteiger partial charge in [0.25, 0.3) is 0 Å². The van der Waals surface area contributed by atoms with Crippen molar-refractivity contribution in [1.82, 2.24) is 4.98 Å². The number of anilines is 2. The van der Waals surface area contributed by atoms with E-state index in [1.54, 1.807) is 17.0 Å². The van der Waals surface area contributed by atoms with E-state index in [4.69, 9.17) is 4.74 Å². The summed E-state index contributed by atoms with van der Waals surface area (Å²) in [5.74, 6) is -0.545. The molecule has 5 nitrogen and oxygen atoms in total. The number of carbonyl (C=O) groups is 2. The standard InChI is InChI=1S/C23H20N2O3/c26-22(13-16-28-23(27)19-11-14-24-15-12-19)25-20-7-3-1-5-17(20)9-10-18-6-2-4-8-21(18)25/h1-8,11-12,14-15H,9-10,13,16H2. The number of benzene rings is 2. The molecule has 0 N–H and O–H groups in total. The highest BCUT2D eigenvalue weighted by atomic mass is 16.5. The van der Waals surface area contributed by atoms with Gasteiger partial charge in [0.15, 0.2) is 0 Å². The minimum Gasteiger partial charge on any atom is -0.462 e. The average molecular weight is 372 g/mol. The minimum absolute atomic E-state index is 0.0286. The van der Waals surface area contributed by atoms with Crippen molar-refractivity contribution in [1.29, 1.82) is 0 Å². The zero-order valence-corrected chi connectivity index (χ0v) is 15.4. The number of hydrogen-bond donors (Lipinski definition) is 0. The zero-order valence-electron chi connectivity index (χ0n) is 15.4. The molecule has 0 saturated carbocycles. The summed E-state index contributed by atoms with van der Waals surface area (Å²) in [6, 6.07) is 19.1. The van der Waals surface area contributed by atoms with E-state index in [1.165, 1.54) is 12.4 Å². The molecule has 1 aliphatic rings. The first kappa shape index (κ1) is 17.9. The third kappa shape index (κ3) is 3.64. The van der Waals surface area contributed by atoms with Gasteiger partial charge in [0, 0.05) is 12.4 Å². The van der Waals surface area contributed by atoms with E-state index in [0.29, 0.717) is 5.56 Å². The van der Waals surface area contributed by atoms with Crippen LogP contribution in [0.5, 0.6) is 0 Å². The van der Waals surface area contributed by atoms with Crippen molar-refractivity contribution >= 4 is 23.3 Å². The van der Waals surface area contributed by atoms with Crippen molar-refractivity contribution in [3.8, 4) is 0 Å². The molecule has 3 aromatic rings. The third-order valence-corrected chi connectivity index (χ3v) is 4.84. The second-order valence-electron chi connectivity index (χ2n) is 6.61. The molecule has 5 heteroatoms. The Morgan fingerprint density at radius 1 is 0.857 bits per heavy atom. The van der Waals surface area contributed by atoms with Crippen LogP contribution >= 0.6 is 0 Å². The summed E-state index contributed by atoms with van der Waals surface area (Å²) in [5.41, 5.74) is 4.50. The average Bonchev–Trinajstić information content (AvgIpc) is 2.91. The van der Waals surface area contributed by atoms with Gasteiger partial charge in [-0.3, -0.25) is 14.7 Å². The van der Waals surface area contributed by atoms with Gasteiger partial charge in [-0.25, -0.2) is 4.79 Å². The Labute approximate surface area is 163 Å². The van der Waals surface area contributed by atoms with Gasteiger partial charge >= 0.3 is 5.97 Å². The van der Waals surface area contributed by atoms with E-state index in [1.807, 2.05) is 36.4 Å². The smallest absolute Gasteiger partial charge is 0.338 e. The summed E-state index contributed by atoms with van der Waals surface area (Å²) in [7, 11) is 0. The van der Waals surface area contributed by atoms with Gasteiger partial charge in [-0.2, -0.15) is 0 Å². The Balaban J connectivity index is 1.53. The van der Waals surface area contributed by atoms with E-state index in [9.17, 15) is 9.59 Å². The summed E-state index contributed by atoms with van der Waals surface area (Å²) < 4.78 is 5.28. The van der Waals surface area contributed by atoms with Crippen LogP contribution in [0.3, 0.4) is 0 Å². The molecule has 2 heterocycles. The lowest BCUT2D eigenvalue weighted by Gasteiger charge is -2.25. The minimum atomic E-state index is -0.452. The zero-order chi connectivity index (χ0) is 19.3. The highest BCUT2D eigenvalue weighted by Gasteiger charge is 2.25. The Morgan fingerprint density at radius 2 is 1.43 bits per heavy atom. The van der Waals surface area contributed by atoms with E-state index in [-0.39, 0.29) is 18.9 Å². The number of para-hydroxylation sites is 2. The largest absolute Gasteiger partial charge is 0.462 e. The van der Waals surface area contributed by atoms with Crippen LogP contribution in [0.25, 0.3) is 0 Å². The number of esters is 1. The monoisotopic (exact) mass is 372 g/mol. The second-order valence-corrected chi connectivity index (χ2v) is 6.61. The summed E-state index contributed by atoms with van der Waals surface area (Å²) in [4.78, 5) is 30.8. The fourth-order valence-electron chi connectivity index (χ4n) is 3.46. The Hall–Kier alpha value is -3.47. The highest BCUT2D eigenvalue weighted by molar-refractivity contribution is 6.02. The van der Waals surface area contributed by atoms with Gasteiger partial charge in [0.2, 0.25) is 5.91 Å². The van der Waals surface area contributed by atoms with Gasteiger partial charge in [-0.15, -0.1) is 0 Å². The van der Waals surface area contributed by atoms with Crippen molar-refractivity contribution in [2.75, 3.05) is 11.5 Å². The molecular weight excluding hydrogens is 352 g/mol. The molecular formula is C23H20N2O3. The maximum Gasteiger partial charge on any atom is 0.338 e. The molecule has 0 radical (unpaired) electrons. The summed E-state index contributed by atoms with van der Waals surface area (Å²) in [6.45, 7) is 0.0286. The number of pyridine rings is 1. The topological polar surface area (TPSA) is 59.5 Å². The van der Waals surface area contributed by atoms with Crippen LogP contribution in [0.2, 0.25) is 0 Å². The predicted molar refractivity (Wildman–Crippen MR) is 107 cm³/mol. The highest BCUT2D eigenvalue weighted by Crippen LogP contribution is 2.36. The molecule has 0 atom stereocenters. The molecule has 0 aliphatic carbocycles. The molecule has 2 aromatic carbocycles. The molecule has 1 aromatic heterocycles. The molecule has 0 unspecified atom stereocenters. The lowest BCUT2D eigenvalue weighted by atomic mass is 10.0. The van der Waals surface area contributed by atoms with Crippen molar-refractivity contribution in [3.63, 3.8) is 0 Å². The van der Waals surface area contributed by atoms with Crippen molar-refractivity contribution in [2.45, 2.75) is 19.3 Å². The summed E-state index contributed by atoms with van der Waals surface area (Å²) >= 11 is 0. The number of nitrogens with zero attached hydrogens (tertiary/aromatic N) is 2. The van der Waals surface area contributed by atoms with Crippen LogP contribution in [0.1, 0.15) is 27.9 Å². The van der Waals surface area contributed by atoms with Gasteiger partial charge in [0.1, 0.15) is 6.61 Å². The second kappa shape index (κ2) is 8.05. The summed E-state index contributed by atoms with van der Waals surface area (Å²) in [6.07, 6.45) is 4.95. The molecule has 0 fully saturated rings. The van der Waals surface area contributed by atoms with Gasteiger partial charge in [-0.1, -0.05) is 36.4 Å². The van der Waals surface area contributed by atoms with Crippen molar-refractivity contribution in [2.24, 2.45) is 0 Å². The molecule has 1 aliphatic heterocycles. The first-order valence-corrected chi connectivity index (χ1v) is 9.30. The fourth-order valence-corrected chi connectivity index (χ4v) is 3.46. The maximum atomic E-state index is 13.1. The SMILES string of the molecule is O=C(OCCC(=O)N1c2ccccc2CCc2ccccc21)c1ccncc1. The quantitative estimate of drug-likeness (QED) is 0.647. The van der Waals surface area contributed by atoms with Gasteiger partial charge in [0.05, 0.1) is 23.4 Å². The van der Waals surface area contributed by atoms with Crippen LogP contribution in [0.4, 0.5) is 11.4 Å². The summed E-state index contributed by atoms with van der Waals surface area (Å²) in [5, 5.41) is 0. The van der Waals surface area contributed by atoms with E-state index >= 15 is 0 Å². The van der Waals surface area contributed by atoms with Crippen LogP contribution < -0.4 is 4.90 Å². The number of aryl methyl sites for hydroxylation is 2. The molecule has 1 amide bonds. The van der Waals surface area contributed by atoms with Crippen molar-refractivity contribution in [3.05, 3.63) is 89.7 Å². The Bertz CT molecular complexity index is 954. The number of rotatable bonds is 4. The fraction of sp³-hybridized carbons (Fsp3) is 0.174. The molecule has 0 spiro atoms. The maximum absolute atomic E-state index is 13.1. The van der Waals surface area contributed by atoms with Crippen LogP contribution in [0.15, 0.2) is 73.1 Å². The number of ether oxygens (including phenoxy) is 1. The van der Waals surface area contributed by atoms with Crippen LogP contribution in [-0.2, 0) is 22.4 Å². The number of hydrogen-bond acceptors (Lipinski definition) is 4. The molecule has 0 saturated heterocycles. The lowest BCUT2D eigenvalue weighted by Crippen LogP contribution is -2.28. The number of carbonyl (C=O) groups excluding carboxylic acids is 2. The lowest BCUT2D eigenvalue weighted by molar-refractivity contribution is -0.118. The van der Waals surface area contributed by atoms with Crippen LogP contribution in [0, 0.1) is 0 Å². The third-order valence-electron chi connectivity index (χ3n) is 4.84. The van der Waals surface area contributed by atoms with E-state index < -0.39 is 5.97 Å². The first-order chi connectivity index (χ1) is 13.7.